The van der Waals surface area contributed by atoms with Crippen LogP contribution in [0.3, 0.4) is 0 Å². The van der Waals surface area contributed by atoms with Crippen LogP contribution >= 0.6 is 0 Å². The molecule has 49 heavy (non-hydrogen) atoms. The van der Waals surface area contributed by atoms with E-state index >= 15 is 0 Å². The van der Waals surface area contributed by atoms with Gasteiger partial charge in [0.1, 0.15) is 10.8 Å². The first-order valence-electron chi connectivity index (χ1n) is 16.2. The molecule has 7 aromatic rings. The first kappa shape index (κ1) is 30.9. The Kier molecular flexibility index (Phi) is 8.83. The zero-order valence-corrected chi connectivity index (χ0v) is 26.8. The predicted molar refractivity (Wildman–Crippen MR) is 195 cm³/mol. The molecule has 0 aliphatic heterocycles. The molecule has 3 nitrogen and oxygen atoms in total. The fraction of sp³-hybridized carbons (Fsp3) is 0.0435. The lowest BCUT2D eigenvalue weighted by Crippen LogP contribution is -2.36. The minimum atomic E-state index is -0.824. The van der Waals surface area contributed by atoms with Gasteiger partial charge in [-0.15, -0.1) is 0 Å². The van der Waals surface area contributed by atoms with Gasteiger partial charge in [0.2, 0.25) is 0 Å². The second-order valence-electron chi connectivity index (χ2n) is 11.7. The Balaban J connectivity index is 1.35. The molecule has 0 fully saturated rings. The molecule has 1 heterocycles. The maximum Gasteiger partial charge on any atom is 0.295 e. The molecule has 0 aliphatic rings. The first-order chi connectivity index (χ1) is 24.2. The van der Waals surface area contributed by atoms with Gasteiger partial charge in [-0.05, 0) is 50.2 Å². The number of benzene rings is 6. The maximum atomic E-state index is 13.5. The molecule has 0 aliphatic carbocycles. The van der Waals surface area contributed by atoms with Crippen molar-refractivity contribution in [3.8, 4) is 23.7 Å². The van der Waals surface area contributed by atoms with E-state index in [1.807, 2.05) is 109 Å². The molecule has 1 aromatic heterocycles. The Bertz CT molecular complexity index is 2070. The zero-order valence-electron chi connectivity index (χ0n) is 26.8. The van der Waals surface area contributed by atoms with E-state index < -0.39 is 10.8 Å². The molecule has 0 saturated heterocycles. The van der Waals surface area contributed by atoms with Crippen LogP contribution in [0.4, 0.5) is 0 Å². The lowest BCUT2D eigenvalue weighted by atomic mass is 9.70. The van der Waals surface area contributed by atoms with Gasteiger partial charge in [-0.25, -0.2) is 0 Å². The van der Waals surface area contributed by atoms with Gasteiger partial charge in [0.15, 0.2) is 5.69 Å². The van der Waals surface area contributed by atoms with Crippen LogP contribution in [0.15, 0.2) is 194 Å². The molecule has 0 atom stereocenters. The summed E-state index contributed by atoms with van der Waals surface area (Å²) in [4.78, 5) is 0.581. The summed E-state index contributed by atoms with van der Waals surface area (Å²) in [6, 6.07) is 64.7. The van der Waals surface area contributed by atoms with Crippen molar-refractivity contribution in [3.63, 3.8) is 0 Å². The molecule has 0 radical (unpaired) electrons. The van der Waals surface area contributed by atoms with Crippen LogP contribution in [0, 0.1) is 28.9 Å². The Hall–Kier alpha value is -6.68. The van der Waals surface area contributed by atoms with Crippen molar-refractivity contribution in [1.29, 1.82) is 0 Å². The van der Waals surface area contributed by atoms with E-state index in [1.54, 1.807) is 12.1 Å². The molecule has 0 amide bonds. The Labute approximate surface area is 287 Å². The lowest BCUT2D eigenvalue weighted by molar-refractivity contribution is -0.671. The van der Waals surface area contributed by atoms with Gasteiger partial charge in [0.25, 0.3) is 5.69 Å². The third-order valence-electron chi connectivity index (χ3n) is 8.80. The summed E-state index contributed by atoms with van der Waals surface area (Å²) in [5.74, 6) is 13.6. The number of rotatable bonds is 6. The summed E-state index contributed by atoms with van der Waals surface area (Å²) in [6.45, 7) is 0. The van der Waals surface area contributed by atoms with Crippen LogP contribution in [0.5, 0.6) is 0 Å². The number of hydrogen-bond donors (Lipinski definition) is 0. The summed E-state index contributed by atoms with van der Waals surface area (Å²) in [7, 11) is 0. The van der Waals surface area contributed by atoms with E-state index in [4.69, 9.17) is 0 Å². The standard InChI is InChI=1S/C46H32N2O/c49-48-44(34-36-46(40-25-13-4-14-26-40,41-27-15-5-16-28-41)42-29-17-6-18-30-42)32-31-43(47-48)33-35-45(37-19-7-1-8-20-37,38-21-9-2-10-22-38)39-23-11-3-12-24-39/h1-32H. The van der Waals surface area contributed by atoms with Gasteiger partial charge < -0.3 is 5.21 Å². The molecule has 7 rings (SSSR count). The summed E-state index contributed by atoms with van der Waals surface area (Å²) < 4.78 is 0. The van der Waals surface area contributed by atoms with Gasteiger partial charge in [-0.3, -0.25) is 0 Å². The molecule has 0 spiro atoms. The van der Waals surface area contributed by atoms with Gasteiger partial charge in [0, 0.05) is 17.1 Å². The largest absolute Gasteiger partial charge is 0.593 e. The highest BCUT2D eigenvalue weighted by Crippen LogP contribution is 2.40. The summed E-state index contributed by atoms with van der Waals surface area (Å²) in [5, 5.41) is 17.9. The van der Waals surface area contributed by atoms with Crippen molar-refractivity contribution >= 4 is 0 Å². The van der Waals surface area contributed by atoms with Gasteiger partial charge >= 0.3 is 0 Å². The molecule has 0 N–H and O–H groups in total. The van der Waals surface area contributed by atoms with E-state index in [0.29, 0.717) is 10.5 Å². The van der Waals surface area contributed by atoms with Crippen LogP contribution in [0.2, 0.25) is 0 Å². The molecule has 232 valence electrons. The second-order valence-corrected chi connectivity index (χ2v) is 11.7. The van der Waals surface area contributed by atoms with Crippen molar-refractivity contribution in [2.75, 3.05) is 0 Å². The number of aromatic nitrogens is 2. The fourth-order valence-corrected chi connectivity index (χ4v) is 6.44. The van der Waals surface area contributed by atoms with Gasteiger partial charge in [-0.2, -0.15) is 0 Å². The van der Waals surface area contributed by atoms with E-state index in [0.717, 1.165) is 33.4 Å². The first-order valence-corrected chi connectivity index (χ1v) is 16.2. The highest BCUT2D eigenvalue weighted by molar-refractivity contribution is 5.60. The lowest BCUT2D eigenvalue weighted by Gasteiger charge is -2.30. The average molecular weight is 629 g/mol. The van der Waals surface area contributed by atoms with Crippen molar-refractivity contribution in [3.05, 3.63) is 244 Å². The average Bonchev–Trinajstić information content (AvgIpc) is 3.18. The highest BCUT2D eigenvalue weighted by atomic mass is 16.5. The maximum absolute atomic E-state index is 13.5. The van der Waals surface area contributed by atoms with E-state index in [1.165, 1.54) is 0 Å². The SMILES string of the molecule is [O-][n+]1nc(C#CC(c2ccccc2)(c2ccccc2)c2ccccc2)ccc1C#CC(c1ccccc1)(c1ccccc1)c1ccccc1. The van der Waals surface area contributed by atoms with Crippen molar-refractivity contribution in [2.45, 2.75) is 10.8 Å². The van der Waals surface area contributed by atoms with Crippen LogP contribution < -0.4 is 4.85 Å². The topological polar surface area (TPSA) is 39.8 Å². The van der Waals surface area contributed by atoms with Crippen LogP contribution in [-0.4, -0.2) is 5.10 Å². The molecule has 0 bridgehead atoms. The zero-order chi connectivity index (χ0) is 33.4. The van der Waals surface area contributed by atoms with E-state index in [9.17, 15) is 5.21 Å². The summed E-state index contributed by atoms with van der Waals surface area (Å²) in [6.07, 6.45) is 0. The Morgan fingerprint density at radius 3 is 0.939 bits per heavy atom. The Morgan fingerprint density at radius 1 is 0.367 bits per heavy atom. The van der Waals surface area contributed by atoms with Crippen molar-refractivity contribution in [2.24, 2.45) is 0 Å². The Morgan fingerprint density at radius 2 is 0.653 bits per heavy atom. The molecular formula is C46H32N2O. The number of hydrogen-bond acceptors (Lipinski definition) is 2. The monoisotopic (exact) mass is 628 g/mol. The van der Waals surface area contributed by atoms with Gasteiger partial charge in [0.05, 0.1) is 0 Å². The molecule has 3 heteroatoms. The number of nitrogens with zero attached hydrogens (tertiary/aromatic N) is 2. The smallest absolute Gasteiger partial charge is 0.295 e. The van der Waals surface area contributed by atoms with Crippen LogP contribution in [-0.2, 0) is 10.8 Å². The predicted octanol–water partition coefficient (Wildman–Crippen LogP) is 8.49. The second kappa shape index (κ2) is 14.0. The van der Waals surface area contributed by atoms with Gasteiger partial charge in [-0.1, -0.05) is 194 Å². The third-order valence-corrected chi connectivity index (χ3v) is 8.80. The minimum Gasteiger partial charge on any atom is -0.593 e. The normalized spacial score (nSPS) is 11.0. The van der Waals surface area contributed by atoms with E-state index in [-0.39, 0.29) is 5.69 Å². The summed E-state index contributed by atoms with van der Waals surface area (Å²) >= 11 is 0. The highest BCUT2D eigenvalue weighted by Gasteiger charge is 2.36. The molecule has 0 saturated carbocycles. The van der Waals surface area contributed by atoms with Crippen LogP contribution in [0.25, 0.3) is 0 Å². The minimum absolute atomic E-state index is 0.234. The molecule has 0 unspecified atom stereocenters. The quantitative estimate of drug-likeness (QED) is 0.0802. The van der Waals surface area contributed by atoms with Crippen LogP contribution in [0.1, 0.15) is 44.8 Å². The molecular weight excluding hydrogens is 597 g/mol. The fourth-order valence-electron chi connectivity index (χ4n) is 6.44. The summed E-state index contributed by atoms with van der Waals surface area (Å²) in [5.41, 5.74) is 5.06. The molecule has 6 aromatic carbocycles. The van der Waals surface area contributed by atoms with E-state index in [2.05, 4.69) is 102 Å². The van der Waals surface area contributed by atoms with Crippen molar-refractivity contribution in [1.82, 2.24) is 5.10 Å². The van der Waals surface area contributed by atoms with Crippen molar-refractivity contribution < 1.29 is 4.85 Å². The third kappa shape index (κ3) is 6.10.